The van der Waals surface area contributed by atoms with Crippen molar-refractivity contribution in [2.75, 3.05) is 7.05 Å². The number of fused-ring (bicyclic) bond motifs is 1. The van der Waals surface area contributed by atoms with E-state index in [1.807, 2.05) is 25.2 Å². The highest BCUT2D eigenvalue weighted by molar-refractivity contribution is 6.35. The lowest BCUT2D eigenvalue weighted by molar-refractivity contribution is 0.335. The lowest BCUT2D eigenvalue weighted by Crippen LogP contribution is -2.31. The van der Waals surface area contributed by atoms with E-state index in [1.54, 1.807) is 0 Å². The van der Waals surface area contributed by atoms with Crippen LogP contribution in [0.3, 0.4) is 0 Å². The Morgan fingerprint density at radius 2 is 1.76 bits per heavy atom. The van der Waals surface area contributed by atoms with Crippen LogP contribution in [-0.2, 0) is 12.8 Å². The standard InChI is InChI=1S/C18H19Cl2N/c1-21-18-13(10-9-12-5-2-3-6-14(12)18)11-15-16(19)7-4-8-17(15)20/h2-8,13,18,21H,9-11H2,1H3. The maximum absolute atomic E-state index is 6.34. The summed E-state index contributed by atoms with van der Waals surface area (Å²) < 4.78 is 0. The van der Waals surface area contributed by atoms with E-state index in [0.29, 0.717) is 12.0 Å². The third-order valence-electron chi connectivity index (χ3n) is 4.49. The van der Waals surface area contributed by atoms with E-state index in [0.717, 1.165) is 34.9 Å². The smallest absolute Gasteiger partial charge is 0.0452 e. The molecule has 21 heavy (non-hydrogen) atoms. The average molecular weight is 320 g/mol. The normalized spacial score (nSPS) is 21.1. The predicted molar refractivity (Wildman–Crippen MR) is 90.2 cm³/mol. The minimum absolute atomic E-state index is 0.363. The summed E-state index contributed by atoms with van der Waals surface area (Å²) in [6.07, 6.45) is 3.20. The molecular formula is C18H19Cl2N. The molecule has 3 rings (SSSR count). The van der Waals surface area contributed by atoms with Gasteiger partial charge < -0.3 is 5.32 Å². The number of hydrogen-bond donors (Lipinski definition) is 1. The third kappa shape index (κ3) is 2.96. The van der Waals surface area contributed by atoms with Crippen LogP contribution >= 0.6 is 23.2 Å². The zero-order valence-electron chi connectivity index (χ0n) is 12.1. The molecule has 1 nitrogen and oxygen atoms in total. The molecule has 0 saturated carbocycles. The largest absolute Gasteiger partial charge is 0.313 e. The molecule has 1 aliphatic rings. The minimum atomic E-state index is 0.363. The van der Waals surface area contributed by atoms with Gasteiger partial charge in [-0.05, 0) is 61.1 Å². The minimum Gasteiger partial charge on any atom is -0.313 e. The molecule has 2 aromatic rings. The van der Waals surface area contributed by atoms with Gasteiger partial charge in [0.2, 0.25) is 0 Å². The van der Waals surface area contributed by atoms with Gasteiger partial charge in [-0.25, -0.2) is 0 Å². The maximum atomic E-state index is 6.34. The van der Waals surface area contributed by atoms with Crippen molar-refractivity contribution in [1.29, 1.82) is 0 Å². The van der Waals surface area contributed by atoms with Crippen molar-refractivity contribution in [3.8, 4) is 0 Å². The Balaban J connectivity index is 1.90. The van der Waals surface area contributed by atoms with E-state index in [2.05, 4.69) is 29.6 Å². The predicted octanol–water partition coefficient (Wildman–Crippen LogP) is 5.06. The summed E-state index contributed by atoms with van der Waals surface area (Å²) >= 11 is 12.7. The Morgan fingerprint density at radius 1 is 1.05 bits per heavy atom. The maximum Gasteiger partial charge on any atom is 0.0452 e. The number of aryl methyl sites for hydroxylation is 1. The summed E-state index contributed by atoms with van der Waals surface area (Å²) in [7, 11) is 2.04. The van der Waals surface area contributed by atoms with E-state index in [-0.39, 0.29) is 0 Å². The molecule has 110 valence electrons. The van der Waals surface area contributed by atoms with Crippen molar-refractivity contribution in [1.82, 2.24) is 5.32 Å². The Morgan fingerprint density at radius 3 is 2.48 bits per heavy atom. The molecular weight excluding hydrogens is 301 g/mol. The molecule has 2 atom stereocenters. The third-order valence-corrected chi connectivity index (χ3v) is 5.19. The molecule has 0 heterocycles. The molecule has 0 bridgehead atoms. The van der Waals surface area contributed by atoms with Crippen LogP contribution in [0.25, 0.3) is 0 Å². The van der Waals surface area contributed by atoms with Crippen molar-refractivity contribution in [2.45, 2.75) is 25.3 Å². The number of benzene rings is 2. The molecule has 0 aliphatic heterocycles. The van der Waals surface area contributed by atoms with Crippen LogP contribution in [0.15, 0.2) is 42.5 Å². The van der Waals surface area contributed by atoms with Crippen molar-refractivity contribution in [2.24, 2.45) is 5.92 Å². The van der Waals surface area contributed by atoms with E-state index in [9.17, 15) is 0 Å². The first-order valence-electron chi connectivity index (χ1n) is 7.38. The molecule has 2 unspecified atom stereocenters. The van der Waals surface area contributed by atoms with Crippen LogP contribution in [0, 0.1) is 5.92 Å². The summed E-state index contributed by atoms with van der Waals surface area (Å²) in [5.74, 6) is 0.516. The van der Waals surface area contributed by atoms with Gasteiger partial charge in [0.05, 0.1) is 0 Å². The van der Waals surface area contributed by atoms with Crippen molar-refractivity contribution in [3.63, 3.8) is 0 Å². The summed E-state index contributed by atoms with van der Waals surface area (Å²) in [5.41, 5.74) is 3.95. The van der Waals surface area contributed by atoms with E-state index in [4.69, 9.17) is 23.2 Å². The first kappa shape index (κ1) is 14.9. The molecule has 0 fully saturated rings. The number of halogens is 2. The summed E-state index contributed by atoms with van der Waals surface area (Å²) in [4.78, 5) is 0. The van der Waals surface area contributed by atoms with Gasteiger partial charge in [-0.2, -0.15) is 0 Å². The fourth-order valence-corrected chi connectivity index (χ4v) is 3.98. The molecule has 0 aromatic heterocycles. The molecule has 0 spiro atoms. The van der Waals surface area contributed by atoms with Gasteiger partial charge in [-0.15, -0.1) is 0 Å². The summed E-state index contributed by atoms with van der Waals surface area (Å²) in [6, 6.07) is 14.8. The average Bonchev–Trinajstić information content (AvgIpc) is 2.50. The van der Waals surface area contributed by atoms with Crippen LogP contribution in [-0.4, -0.2) is 7.05 Å². The first-order valence-corrected chi connectivity index (χ1v) is 8.14. The molecule has 0 radical (unpaired) electrons. The SMILES string of the molecule is CNC1c2ccccc2CCC1Cc1c(Cl)cccc1Cl. The van der Waals surface area contributed by atoms with Crippen LogP contribution in [0.5, 0.6) is 0 Å². The lowest BCUT2D eigenvalue weighted by atomic mass is 9.77. The first-order chi connectivity index (χ1) is 10.2. The fraction of sp³-hybridized carbons (Fsp3) is 0.333. The Bertz CT molecular complexity index is 619. The highest BCUT2D eigenvalue weighted by atomic mass is 35.5. The van der Waals surface area contributed by atoms with Gasteiger partial charge in [-0.1, -0.05) is 53.5 Å². The highest BCUT2D eigenvalue weighted by Crippen LogP contribution is 2.38. The molecule has 1 N–H and O–H groups in total. The second-order valence-corrected chi connectivity index (χ2v) is 6.48. The van der Waals surface area contributed by atoms with Crippen LogP contribution in [0.2, 0.25) is 10.0 Å². The second kappa shape index (κ2) is 6.39. The number of nitrogens with one attached hydrogen (secondary N) is 1. The second-order valence-electron chi connectivity index (χ2n) is 5.67. The molecule has 1 aliphatic carbocycles. The van der Waals surface area contributed by atoms with Gasteiger partial charge in [0.25, 0.3) is 0 Å². The van der Waals surface area contributed by atoms with Gasteiger partial charge in [0, 0.05) is 16.1 Å². The van der Waals surface area contributed by atoms with Gasteiger partial charge in [-0.3, -0.25) is 0 Å². The van der Waals surface area contributed by atoms with Crippen molar-refractivity contribution in [3.05, 3.63) is 69.2 Å². The Labute approximate surface area is 136 Å². The lowest BCUT2D eigenvalue weighted by Gasteiger charge is -2.34. The highest BCUT2D eigenvalue weighted by Gasteiger charge is 2.29. The van der Waals surface area contributed by atoms with Gasteiger partial charge >= 0.3 is 0 Å². The molecule has 0 amide bonds. The van der Waals surface area contributed by atoms with Gasteiger partial charge in [0.1, 0.15) is 0 Å². The number of rotatable bonds is 3. The quantitative estimate of drug-likeness (QED) is 0.833. The zero-order chi connectivity index (χ0) is 14.8. The van der Waals surface area contributed by atoms with Crippen molar-refractivity contribution >= 4 is 23.2 Å². The van der Waals surface area contributed by atoms with Crippen LogP contribution in [0.1, 0.15) is 29.2 Å². The Hall–Kier alpha value is -1.02. The summed E-state index contributed by atoms with van der Waals surface area (Å²) in [5, 5.41) is 5.03. The van der Waals surface area contributed by atoms with Gasteiger partial charge in [0.15, 0.2) is 0 Å². The molecule has 3 heteroatoms. The van der Waals surface area contributed by atoms with E-state index < -0.39 is 0 Å². The molecule has 0 saturated heterocycles. The van der Waals surface area contributed by atoms with Crippen LogP contribution in [0.4, 0.5) is 0 Å². The molecule has 2 aromatic carbocycles. The zero-order valence-corrected chi connectivity index (χ0v) is 13.6. The van der Waals surface area contributed by atoms with E-state index in [1.165, 1.54) is 11.1 Å². The van der Waals surface area contributed by atoms with E-state index >= 15 is 0 Å². The number of hydrogen-bond acceptors (Lipinski definition) is 1. The monoisotopic (exact) mass is 319 g/mol. The van der Waals surface area contributed by atoms with Crippen LogP contribution < -0.4 is 5.32 Å². The Kier molecular flexibility index (Phi) is 4.54. The topological polar surface area (TPSA) is 12.0 Å². The summed E-state index contributed by atoms with van der Waals surface area (Å²) in [6.45, 7) is 0. The fourth-order valence-electron chi connectivity index (χ4n) is 3.43. The van der Waals surface area contributed by atoms with Crippen molar-refractivity contribution < 1.29 is 0 Å².